The lowest BCUT2D eigenvalue weighted by Crippen LogP contribution is -2.54. The van der Waals surface area contributed by atoms with Crippen molar-refractivity contribution in [1.29, 1.82) is 0 Å². The number of halogens is 2. The van der Waals surface area contributed by atoms with Crippen molar-refractivity contribution in [2.24, 2.45) is 11.3 Å². The number of piperidine rings is 1. The summed E-state index contributed by atoms with van der Waals surface area (Å²) in [6.45, 7) is 11.8. The maximum absolute atomic E-state index is 10.4. The second kappa shape index (κ2) is 9.87. The highest BCUT2D eigenvalue weighted by Gasteiger charge is 2.45. The predicted molar refractivity (Wildman–Crippen MR) is 128 cm³/mol. The molecule has 4 atom stereocenters. The summed E-state index contributed by atoms with van der Waals surface area (Å²) in [7, 11) is 0. The molecule has 0 aliphatic carbocycles. The zero-order valence-corrected chi connectivity index (χ0v) is 19.7. The molecule has 0 bridgehead atoms. The van der Waals surface area contributed by atoms with E-state index in [1.165, 1.54) is 11.1 Å². The Morgan fingerprint density at radius 2 is 1.83 bits per heavy atom. The van der Waals surface area contributed by atoms with Gasteiger partial charge in [0.05, 0.1) is 6.61 Å². The molecule has 1 fully saturated rings. The highest BCUT2D eigenvalue weighted by atomic mass is 35.5. The minimum atomic E-state index is 0.0665. The Hall–Kier alpha value is -1.32. The van der Waals surface area contributed by atoms with Crippen LogP contribution in [0.4, 0.5) is 0 Å². The first-order valence-electron chi connectivity index (χ1n) is 10.8. The van der Waals surface area contributed by atoms with Crippen molar-refractivity contribution < 1.29 is 5.11 Å². The number of benzene rings is 2. The van der Waals surface area contributed by atoms with Gasteiger partial charge in [-0.3, -0.25) is 4.90 Å². The van der Waals surface area contributed by atoms with Crippen LogP contribution in [0.25, 0.3) is 0 Å². The van der Waals surface area contributed by atoms with E-state index < -0.39 is 0 Å². The SMILES string of the molecule is C=CC[C@@]1(C)C[C@H](c2cccc(Cl)c2)[C@@H](c2ccc(Cl)cc2)N([C@H](CO)C(C)C)C1. The van der Waals surface area contributed by atoms with Gasteiger partial charge in [0.1, 0.15) is 0 Å². The minimum absolute atomic E-state index is 0.0665. The number of likely N-dealkylation sites (tertiary alicyclic amines) is 1. The molecule has 2 aromatic carbocycles. The normalized spacial score (nSPS) is 26.0. The summed E-state index contributed by atoms with van der Waals surface area (Å²) in [5.74, 6) is 0.576. The lowest BCUT2D eigenvalue weighted by molar-refractivity contribution is -0.0299. The third kappa shape index (κ3) is 5.11. The fourth-order valence-electron chi connectivity index (χ4n) is 5.12. The monoisotopic (exact) mass is 445 g/mol. The van der Waals surface area contributed by atoms with Crippen LogP contribution in [-0.4, -0.2) is 29.2 Å². The molecule has 0 radical (unpaired) electrons. The number of allylic oxidation sites excluding steroid dienone is 1. The van der Waals surface area contributed by atoms with Crippen molar-refractivity contribution in [2.75, 3.05) is 13.2 Å². The van der Waals surface area contributed by atoms with Gasteiger partial charge in [-0.25, -0.2) is 0 Å². The van der Waals surface area contributed by atoms with Crippen LogP contribution in [0.1, 0.15) is 56.7 Å². The fraction of sp³-hybridized carbons (Fsp3) is 0.462. The Kier molecular flexibility index (Phi) is 7.68. The molecule has 2 nitrogen and oxygen atoms in total. The van der Waals surface area contributed by atoms with E-state index in [1.54, 1.807) is 0 Å². The van der Waals surface area contributed by atoms with E-state index in [2.05, 4.69) is 56.5 Å². The van der Waals surface area contributed by atoms with E-state index in [0.717, 1.165) is 29.4 Å². The molecule has 0 unspecified atom stereocenters. The first kappa shape index (κ1) is 23.3. The van der Waals surface area contributed by atoms with Gasteiger partial charge < -0.3 is 5.11 Å². The van der Waals surface area contributed by atoms with Gasteiger partial charge in [-0.05, 0) is 59.6 Å². The topological polar surface area (TPSA) is 23.5 Å². The molecular weight excluding hydrogens is 413 g/mol. The molecule has 1 N–H and O–H groups in total. The highest BCUT2D eigenvalue weighted by molar-refractivity contribution is 6.30. The van der Waals surface area contributed by atoms with Crippen molar-refractivity contribution in [2.45, 2.75) is 51.6 Å². The summed E-state index contributed by atoms with van der Waals surface area (Å²) in [4.78, 5) is 2.52. The Morgan fingerprint density at radius 1 is 1.13 bits per heavy atom. The summed E-state index contributed by atoms with van der Waals surface area (Å²) in [5.41, 5.74) is 2.53. The van der Waals surface area contributed by atoms with Gasteiger partial charge in [-0.15, -0.1) is 6.58 Å². The summed E-state index contributed by atoms with van der Waals surface area (Å²) in [5, 5.41) is 11.8. The van der Waals surface area contributed by atoms with Gasteiger partial charge >= 0.3 is 0 Å². The van der Waals surface area contributed by atoms with E-state index >= 15 is 0 Å². The average Bonchev–Trinajstić information content (AvgIpc) is 2.69. The quantitative estimate of drug-likeness (QED) is 0.458. The van der Waals surface area contributed by atoms with Gasteiger partial charge in [0.15, 0.2) is 0 Å². The van der Waals surface area contributed by atoms with Gasteiger partial charge in [0.25, 0.3) is 0 Å². The molecule has 1 saturated heterocycles. The van der Waals surface area contributed by atoms with Crippen LogP contribution >= 0.6 is 23.2 Å². The Labute approximate surface area is 191 Å². The Morgan fingerprint density at radius 3 is 2.40 bits per heavy atom. The minimum Gasteiger partial charge on any atom is -0.395 e. The molecule has 1 heterocycles. The van der Waals surface area contributed by atoms with Crippen molar-refractivity contribution >= 4 is 23.2 Å². The van der Waals surface area contributed by atoms with E-state index in [0.29, 0.717) is 5.92 Å². The molecule has 3 rings (SSSR count). The second-order valence-electron chi connectivity index (χ2n) is 9.33. The van der Waals surface area contributed by atoms with Crippen molar-refractivity contribution in [3.63, 3.8) is 0 Å². The van der Waals surface area contributed by atoms with Crippen molar-refractivity contribution in [3.05, 3.63) is 82.4 Å². The number of aliphatic hydroxyl groups excluding tert-OH is 1. The van der Waals surface area contributed by atoms with E-state index in [9.17, 15) is 5.11 Å². The van der Waals surface area contributed by atoms with Crippen LogP contribution in [0, 0.1) is 11.3 Å². The number of hydrogen-bond donors (Lipinski definition) is 1. The van der Waals surface area contributed by atoms with E-state index in [1.807, 2.05) is 30.3 Å². The molecule has 1 aliphatic heterocycles. The third-order valence-corrected chi connectivity index (χ3v) is 7.01. The number of nitrogens with zero attached hydrogens (tertiary/aromatic N) is 1. The van der Waals surface area contributed by atoms with Crippen LogP contribution in [0.2, 0.25) is 10.0 Å². The predicted octanol–water partition coefficient (Wildman–Crippen LogP) is 7.12. The summed E-state index contributed by atoms with van der Waals surface area (Å²) in [6, 6.07) is 16.6. The molecule has 2 aromatic rings. The molecule has 0 spiro atoms. The zero-order chi connectivity index (χ0) is 21.9. The van der Waals surface area contributed by atoms with E-state index in [-0.39, 0.29) is 30.0 Å². The summed E-state index contributed by atoms with van der Waals surface area (Å²) >= 11 is 12.6. The van der Waals surface area contributed by atoms with Crippen LogP contribution in [0.15, 0.2) is 61.2 Å². The maximum Gasteiger partial charge on any atom is 0.0589 e. The average molecular weight is 446 g/mol. The fourth-order valence-corrected chi connectivity index (χ4v) is 5.44. The van der Waals surface area contributed by atoms with Crippen LogP contribution in [-0.2, 0) is 0 Å². The number of aliphatic hydroxyl groups is 1. The van der Waals surface area contributed by atoms with Gasteiger partial charge in [0, 0.05) is 34.6 Å². The molecule has 0 amide bonds. The summed E-state index contributed by atoms with van der Waals surface area (Å²) < 4.78 is 0. The lowest BCUT2D eigenvalue weighted by atomic mass is 9.67. The number of hydrogen-bond acceptors (Lipinski definition) is 2. The van der Waals surface area contributed by atoms with E-state index in [4.69, 9.17) is 23.2 Å². The van der Waals surface area contributed by atoms with Gasteiger partial charge in [-0.2, -0.15) is 0 Å². The molecule has 1 aliphatic rings. The smallest absolute Gasteiger partial charge is 0.0589 e. The Bertz CT molecular complexity index is 850. The van der Waals surface area contributed by atoms with Crippen LogP contribution in [0.3, 0.4) is 0 Å². The Balaban J connectivity index is 2.17. The molecule has 4 heteroatoms. The molecule has 0 saturated carbocycles. The van der Waals surface area contributed by atoms with Gasteiger partial charge in [-0.1, -0.05) is 74.3 Å². The molecule has 0 aromatic heterocycles. The molecular formula is C26H33Cl2NO. The summed E-state index contributed by atoms with van der Waals surface area (Å²) in [6.07, 6.45) is 3.99. The third-order valence-electron chi connectivity index (χ3n) is 6.52. The molecule has 162 valence electrons. The lowest BCUT2D eigenvalue weighted by Gasteiger charge is -2.53. The van der Waals surface area contributed by atoms with Crippen molar-refractivity contribution in [1.82, 2.24) is 4.90 Å². The molecule has 30 heavy (non-hydrogen) atoms. The first-order chi connectivity index (χ1) is 14.3. The van der Waals surface area contributed by atoms with Crippen LogP contribution < -0.4 is 0 Å². The maximum atomic E-state index is 10.4. The van der Waals surface area contributed by atoms with Crippen molar-refractivity contribution in [3.8, 4) is 0 Å². The second-order valence-corrected chi connectivity index (χ2v) is 10.2. The largest absolute Gasteiger partial charge is 0.395 e. The highest BCUT2D eigenvalue weighted by Crippen LogP contribution is 2.51. The standard InChI is InChI=1S/C26H33Cl2NO/c1-5-13-26(4)15-23(20-7-6-8-22(28)14-20)25(19-9-11-21(27)12-10-19)29(17-26)24(16-30)18(2)3/h5-12,14,18,23-25,30H,1,13,15-17H2,2-4H3/t23-,24-,25-,26+/m1/s1. The first-order valence-corrected chi connectivity index (χ1v) is 11.5. The van der Waals surface area contributed by atoms with Gasteiger partial charge in [0.2, 0.25) is 0 Å². The van der Waals surface area contributed by atoms with Crippen LogP contribution in [0.5, 0.6) is 0 Å². The number of rotatable bonds is 7. The zero-order valence-electron chi connectivity index (χ0n) is 18.2.